The van der Waals surface area contributed by atoms with Gasteiger partial charge in [-0.3, -0.25) is 9.78 Å². The number of hydrogen-bond acceptors (Lipinski definition) is 6. The number of anilines is 2. The number of nitrogens with one attached hydrogen (secondary N) is 2. The molecule has 9 heteroatoms. The second-order valence-corrected chi connectivity index (χ2v) is 6.31. The number of urea groups is 1. The number of esters is 1. The lowest BCUT2D eigenvalue weighted by Gasteiger charge is -2.30. The van der Waals surface area contributed by atoms with Gasteiger partial charge in [-0.15, -0.1) is 5.06 Å². The van der Waals surface area contributed by atoms with Crippen molar-refractivity contribution in [2.45, 2.75) is 12.8 Å². The summed E-state index contributed by atoms with van der Waals surface area (Å²) in [6.07, 6.45) is 4.28. The molecule has 0 atom stereocenters. The number of benzene rings is 1. The van der Waals surface area contributed by atoms with Crippen molar-refractivity contribution in [3.8, 4) is 5.75 Å². The first-order valence-electron chi connectivity index (χ1n) is 8.83. The number of carbonyl (C=O) groups excluding carboxylic acids is 2. The summed E-state index contributed by atoms with van der Waals surface area (Å²) < 4.78 is 18.7. The molecule has 1 saturated heterocycles. The van der Waals surface area contributed by atoms with Crippen LogP contribution in [0.5, 0.6) is 5.75 Å². The zero-order valence-corrected chi connectivity index (χ0v) is 15.4. The second-order valence-electron chi connectivity index (χ2n) is 6.31. The van der Waals surface area contributed by atoms with Gasteiger partial charge in [-0.05, 0) is 31.0 Å². The molecule has 0 spiro atoms. The summed E-state index contributed by atoms with van der Waals surface area (Å²) >= 11 is 0. The number of carbonyl (C=O) groups is 2. The number of methoxy groups -OCH3 is 1. The summed E-state index contributed by atoms with van der Waals surface area (Å²) in [6, 6.07) is 6.80. The average Bonchev–Trinajstić information content (AvgIpc) is 2.68. The van der Waals surface area contributed by atoms with Gasteiger partial charge < -0.3 is 20.2 Å². The number of aromatic nitrogens is 1. The molecule has 0 bridgehead atoms. The predicted octanol–water partition coefficient (Wildman–Crippen LogP) is 3.04. The highest BCUT2D eigenvalue weighted by atomic mass is 19.1. The molecule has 2 heterocycles. The van der Waals surface area contributed by atoms with Crippen LogP contribution in [-0.2, 0) is 9.53 Å². The molecule has 2 N–H and O–H groups in total. The Balaban J connectivity index is 1.57. The zero-order valence-electron chi connectivity index (χ0n) is 15.4. The van der Waals surface area contributed by atoms with Crippen LogP contribution in [0.2, 0.25) is 0 Å². The van der Waals surface area contributed by atoms with Crippen molar-refractivity contribution in [3.05, 3.63) is 48.5 Å². The summed E-state index contributed by atoms with van der Waals surface area (Å²) in [5, 5.41) is 6.82. The maximum absolute atomic E-state index is 13.9. The van der Waals surface area contributed by atoms with Crippen LogP contribution in [0.15, 0.2) is 42.7 Å². The molecule has 0 aliphatic carbocycles. The van der Waals surface area contributed by atoms with Crippen LogP contribution < -0.4 is 15.5 Å². The summed E-state index contributed by atoms with van der Waals surface area (Å²) in [4.78, 5) is 33.2. The first-order chi connectivity index (χ1) is 13.5. The van der Waals surface area contributed by atoms with E-state index in [1.165, 1.54) is 31.5 Å². The van der Waals surface area contributed by atoms with E-state index in [0.717, 1.165) is 0 Å². The van der Waals surface area contributed by atoms with Crippen LogP contribution in [-0.4, -0.2) is 42.2 Å². The van der Waals surface area contributed by atoms with Gasteiger partial charge in [0.25, 0.3) is 0 Å². The minimum atomic E-state index is -0.543. The van der Waals surface area contributed by atoms with Gasteiger partial charge in [0.1, 0.15) is 5.82 Å². The number of hydrogen-bond donors (Lipinski definition) is 2. The summed E-state index contributed by atoms with van der Waals surface area (Å²) in [5.74, 6) is -0.658. The molecule has 0 unspecified atom stereocenters. The number of halogens is 1. The molecule has 1 aliphatic rings. The predicted molar refractivity (Wildman–Crippen MR) is 100 cm³/mol. The van der Waals surface area contributed by atoms with Crippen LogP contribution >= 0.6 is 0 Å². The molecule has 3 rings (SSSR count). The van der Waals surface area contributed by atoms with Gasteiger partial charge in [0.2, 0.25) is 0 Å². The Morgan fingerprint density at radius 3 is 2.61 bits per heavy atom. The van der Waals surface area contributed by atoms with E-state index in [1.807, 2.05) is 0 Å². The van der Waals surface area contributed by atoms with E-state index in [9.17, 15) is 14.0 Å². The lowest BCUT2D eigenvalue weighted by Crippen LogP contribution is -2.38. The number of piperidine rings is 1. The largest absolute Gasteiger partial charge is 0.469 e. The SMILES string of the molecule is COC(=O)C1CCN(Oc2cc(F)cc(NC(=O)Nc3cccnc3)c2)CC1. The quantitative estimate of drug-likeness (QED) is 0.765. The molecule has 0 radical (unpaired) electrons. The molecule has 1 fully saturated rings. The second kappa shape index (κ2) is 9.14. The van der Waals surface area contributed by atoms with Gasteiger partial charge >= 0.3 is 12.0 Å². The Morgan fingerprint density at radius 2 is 1.93 bits per heavy atom. The van der Waals surface area contributed by atoms with Gasteiger partial charge in [0.15, 0.2) is 5.75 Å². The fourth-order valence-electron chi connectivity index (χ4n) is 2.92. The van der Waals surface area contributed by atoms with Crippen molar-refractivity contribution >= 4 is 23.4 Å². The Kier molecular flexibility index (Phi) is 6.38. The molecular formula is C19H21FN4O4. The molecule has 1 aromatic carbocycles. The van der Waals surface area contributed by atoms with Gasteiger partial charge in [0, 0.05) is 37.1 Å². The van der Waals surface area contributed by atoms with E-state index in [1.54, 1.807) is 23.4 Å². The van der Waals surface area contributed by atoms with Crippen LogP contribution in [0.25, 0.3) is 0 Å². The first-order valence-corrected chi connectivity index (χ1v) is 8.83. The number of hydroxylamine groups is 2. The molecule has 2 aromatic rings. The Morgan fingerprint density at radius 1 is 1.18 bits per heavy atom. The topological polar surface area (TPSA) is 92.8 Å². The highest BCUT2D eigenvalue weighted by Crippen LogP contribution is 2.24. The van der Waals surface area contributed by atoms with Crippen molar-refractivity contribution in [3.63, 3.8) is 0 Å². The molecule has 148 valence electrons. The Hall–Kier alpha value is -3.20. The van der Waals surface area contributed by atoms with Crippen molar-refractivity contribution in [1.29, 1.82) is 0 Å². The van der Waals surface area contributed by atoms with Gasteiger partial charge in [-0.25, -0.2) is 9.18 Å². The van der Waals surface area contributed by atoms with Crippen molar-refractivity contribution < 1.29 is 23.6 Å². The highest BCUT2D eigenvalue weighted by molar-refractivity contribution is 5.99. The zero-order chi connectivity index (χ0) is 19.9. The van der Waals surface area contributed by atoms with Gasteiger partial charge in [0.05, 0.1) is 24.9 Å². The summed E-state index contributed by atoms with van der Waals surface area (Å²) in [6.45, 7) is 1.03. The fraction of sp³-hybridized carbons (Fsp3) is 0.316. The van der Waals surface area contributed by atoms with Crippen LogP contribution in [0, 0.1) is 11.7 Å². The summed E-state index contributed by atoms with van der Waals surface area (Å²) in [5.41, 5.74) is 0.766. The molecule has 1 aliphatic heterocycles. The van der Waals surface area contributed by atoms with Crippen LogP contribution in [0.3, 0.4) is 0 Å². The summed E-state index contributed by atoms with van der Waals surface area (Å²) in [7, 11) is 1.37. The normalized spacial score (nSPS) is 14.9. The smallest absolute Gasteiger partial charge is 0.323 e. The van der Waals surface area contributed by atoms with Crippen LogP contribution in [0.1, 0.15) is 12.8 Å². The van der Waals surface area contributed by atoms with E-state index in [0.29, 0.717) is 31.6 Å². The van der Waals surface area contributed by atoms with E-state index < -0.39 is 11.8 Å². The Bertz CT molecular complexity index is 826. The molecule has 2 amide bonds. The third-order valence-electron chi connectivity index (χ3n) is 4.27. The standard InChI is InChI=1S/C19H21FN4O4/c1-27-18(25)13-4-7-24(8-5-13)28-17-10-14(20)9-16(11-17)23-19(26)22-15-3-2-6-21-12-15/h2-3,6,9-13H,4-5,7-8H2,1H3,(H2,22,23,26). The lowest BCUT2D eigenvalue weighted by molar-refractivity contribution is -0.151. The number of pyridine rings is 1. The van der Waals surface area contributed by atoms with E-state index in [4.69, 9.17) is 9.57 Å². The lowest BCUT2D eigenvalue weighted by atomic mass is 9.98. The average molecular weight is 388 g/mol. The highest BCUT2D eigenvalue weighted by Gasteiger charge is 2.26. The molecular weight excluding hydrogens is 367 g/mol. The Labute approximate surface area is 161 Å². The molecule has 1 aromatic heterocycles. The number of ether oxygens (including phenoxy) is 1. The van der Waals surface area contributed by atoms with Crippen molar-refractivity contribution in [1.82, 2.24) is 10.0 Å². The van der Waals surface area contributed by atoms with Crippen molar-refractivity contribution in [2.75, 3.05) is 30.8 Å². The van der Waals surface area contributed by atoms with Crippen LogP contribution in [0.4, 0.5) is 20.6 Å². The van der Waals surface area contributed by atoms with Crippen molar-refractivity contribution in [2.24, 2.45) is 5.92 Å². The number of rotatable bonds is 5. The first kappa shape index (κ1) is 19.6. The van der Waals surface area contributed by atoms with E-state index in [-0.39, 0.29) is 23.3 Å². The minimum absolute atomic E-state index is 0.147. The van der Waals surface area contributed by atoms with E-state index >= 15 is 0 Å². The molecule has 0 saturated carbocycles. The number of amides is 2. The third kappa shape index (κ3) is 5.40. The maximum Gasteiger partial charge on any atom is 0.323 e. The number of nitrogens with zero attached hydrogens (tertiary/aromatic N) is 2. The monoisotopic (exact) mass is 388 g/mol. The van der Waals surface area contributed by atoms with E-state index in [2.05, 4.69) is 15.6 Å². The molecule has 28 heavy (non-hydrogen) atoms. The van der Waals surface area contributed by atoms with Gasteiger partial charge in [-0.1, -0.05) is 0 Å². The van der Waals surface area contributed by atoms with Gasteiger partial charge in [-0.2, -0.15) is 0 Å². The third-order valence-corrected chi connectivity index (χ3v) is 4.27. The maximum atomic E-state index is 13.9. The minimum Gasteiger partial charge on any atom is -0.469 e. The fourth-order valence-corrected chi connectivity index (χ4v) is 2.92. The molecule has 8 nitrogen and oxygen atoms in total.